The fourth-order valence-corrected chi connectivity index (χ4v) is 1.70. The van der Waals surface area contributed by atoms with E-state index >= 15 is 0 Å². The molecular weight excluding hydrogens is 324 g/mol. The fraction of sp³-hybridized carbons (Fsp3) is 0. The van der Waals surface area contributed by atoms with E-state index in [0.717, 1.165) is 11.8 Å². The highest BCUT2D eigenvalue weighted by Gasteiger charge is 2.12. The first-order valence-electron chi connectivity index (χ1n) is 5.39. The van der Waals surface area contributed by atoms with Crippen molar-refractivity contribution in [3.05, 3.63) is 62.6 Å². The van der Waals surface area contributed by atoms with Gasteiger partial charge in [0.1, 0.15) is 6.07 Å². The Hall–Kier alpha value is -2.59. The van der Waals surface area contributed by atoms with Crippen molar-refractivity contribution < 1.29 is 4.92 Å². The summed E-state index contributed by atoms with van der Waals surface area (Å²) < 4.78 is 0.359. The molecule has 0 aliphatic heterocycles. The van der Waals surface area contributed by atoms with Gasteiger partial charge in [-0.25, -0.2) is 0 Å². The zero-order valence-electron chi connectivity index (χ0n) is 10.3. The third-order valence-corrected chi connectivity index (χ3v) is 2.90. The number of nitro benzene ring substituents is 1. The Kier molecular flexibility index (Phi) is 5.50. The fourth-order valence-electron chi connectivity index (χ4n) is 1.25. The summed E-state index contributed by atoms with van der Waals surface area (Å²) in [5.74, 6) is 0. The molecule has 0 heterocycles. The summed E-state index contributed by atoms with van der Waals surface area (Å²) in [4.78, 5) is 9.79. The molecule has 0 atom stereocenters. The smallest absolute Gasteiger partial charge is 0.272 e. The summed E-state index contributed by atoms with van der Waals surface area (Å²) >= 11 is 3.03. The van der Waals surface area contributed by atoms with Gasteiger partial charge in [-0.1, -0.05) is 18.2 Å². The Morgan fingerprint density at radius 2 is 1.80 bits per heavy atom. The maximum Gasteiger partial charge on any atom is 0.272 e. The molecule has 0 amide bonds. The summed E-state index contributed by atoms with van der Waals surface area (Å²) in [7, 11) is 0. The van der Waals surface area contributed by atoms with Crippen LogP contribution in [0, 0.1) is 21.4 Å². The quantitative estimate of drug-likeness (QED) is 0.471. The van der Waals surface area contributed by atoms with Crippen molar-refractivity contribution >= 4 is 33.0 Å². The van der Waals surface area contributed by atoms with Crippen LogP contribution in [0.1, 0.15) is 5.56 Å². The van der Waals surface area contributed by atoms with E-state index in [1.807, 2.05) is 30.3 Å². The lowest BCUT2D eigenvalue weighted by atomic mass is 10.2. The van der Waals surface area contributed by atoms with Crippen molar-refractivity contribution in [2.24, 2.45) is 0 Å². The Balaban J connectivity index is 0.000000240. The number of halogens is 1. The van der Waals surface area contributed by atoms with Crippen LogP contribution in [-0.2, 0) is 0 Å². The van der Waals surface area contributed by atoms with E-state index in [2.05, 4.69) is 15.9 Å². The normalized spacial score (nSPS) is 9.00. The number of nitro groups is 1. The van der Waals surface area contributed by atoms with Crippen LogP contribution in [-0.4, -0.2) is 4.92 Å². The highest BCUT2D eigenvalue weighted by atomic mass is 79.9. The molecule has 6 nitrogen and oxygen atoms in total. The molecule has 20 heavy (non-hydrogen) atoms. The molecule has 2 aromatic rings. The van der Waals surface area contributed by atoms with Crippen molar-refractivity contribution in [2.45, 2.75) is 0 Å². The Bertz CT molecular complexity index is 653. The van der Waals surface area contributed by atoms with Crippen molar-refractivity contribution in [3.63, 3.8) is 0 Å². The first-order chi connectivity index (χ1) is 9.45. The molecule has 2 aromatic carbocycles. The molecule has 0 aromatic heterocycles. The number of nitriles is 1. The topological polar surface area (TPSA) is 119 Å². The van der Waals surface area contributed by atoms with Crippen molar-refractivity contribution in [3.8, 4) is 6.07 Å². The van der Waals surface area contributed by atoms with Crippen molar-refractivity contribution in [2.75, 3.05) is 11.5 Å². The van der Waals surface area contributed by atoms with Gasteiger partial charge in [0.2, 0.25) is 0 Å². The first-order valence-corrected chi connectivity index (χ1v) is 6.19. The number of benzene rings is 2. The second kappa shape index (κ2) is 7.11. The molecule has 0 bridgehead atoms. The molecule has 102 valence electrons. The van der Waals surface area contributed by atoms with E-state index in [1.165, 1.54) is 6.07 Å². The zero-order chi connectivity index (χ0) is 15.1. The summed E-state index contributed by atoms with van der Waals surface area (Å²) in [6.07, 6.45) is 0. The summed E-state index contributed by atoms with van der Waals surface area (Å²) in [6, 6.07) is 13.7. The number of para-hydroxylation sites is 1. The molecule has 0 saturated carbocycles. The zero-order valence-corrected chi connectivity index (χ0v) is 11.9. The molecule has 0 unspecified atom stereocenters. The van der Waals surface area contributed by atoms with E-state index in [9.17, 15) is 10.1 Å². The van der Waals surface area contributed by atoms with Gasteiger partial charge >= 0.3 is 0 Å². The molecule has 4 N–H and O–H groups in total. The van der Waals surface area contributed by atoms with Gasteiger partial charge in [-0.3, -0.25) is 10.1 Å². The van der Waals surface area contributed by atoms with Crippen LogP contribution in [0.15, 0.2) is 46.9 Å². The molecule has 0 fully saturated rings. The molecule has 0 spiro atoms. The van der Waals surface area contributed by atoms with Gasteiger partial charge in [-0.05, 0) is 28.1 Å². The average molecular weight is 335 g/mol. The van der Waals surface area contributed by atoms with Crippen LogP contribution >= 0.6 is 15.9 Å². The number of nitrogen functional groups attached to an aromatic ring is 2. The van der Waals surface area contributed by atoms with E-state index in [0.29, 0.717) is 4.47 Å². The summed E-state index contributed by atoms with van der Waals surface area (Å²) in [6.45, 7) is 0. The maximum atomic E-state index is 10.4. The standard InChI is InChI=1S/C7H4BrN3O2.C6H7N/c8-6-2-5(11(12)13)1-4(3-9)7(6)10;7-6-4-2-1-3-5-6/h1-2H,10H2;1-5H,7H2. The molecule has 0 saturated heterocycles. The molecule has 0 aliphatic carbocycles. The highest BCUT2D eigenvalue weighted by Crippen LogP contribution is 2.28. The highest BCUT2D eigenvalue weighted by molar-refractivity contribution is 9.10. The Morgan fingerprint density at radius 1 is 1.20 bits per heavy atom. The van der Waals surface area contributed by atoms with Gasteiger partial charge in [-0.15, -0.1) is 0 Å². The van der Waals surface area contributed by atoms with Gasteiger partial charge in [0.25, 0.3) is 5.69 Å². The SMILES string of the molecule is N#Cc1cc([N+](=O)[O-])cc(Br)c1N.Nc1ccccc1. The van der Waals surface area contributed by atoms with E-state index in [4.69, 9.17) is 16.7 Å². The number of nitrogens with zero attached hydrogens (tertiary/aromatic N) is 2. The molecule has 7 heteroatoms. The van der Waals surface area contributed by atoms with Crippen LogP contribution in [0.2, 0.25) is 0 Å². The minimum Gasteiger partial charge on any atom is -0.399 e. The van der Waals surface area contributed by atoms with Gasteiger partial charge in [0.05, 0.1) is 16.2 Å². The van der Waals surface area contributed by atoms with Gasteiger partial charge in [-0.2, -0.15) is 5.26 Å². The number of hydrogen-bond acceptors (Lipinski definition) is 5. The van der Waals surface area contributed by atoms with Crippen LogP contribution in [0.3, 0.4) is 0 Å². The average Bonchev–Trinajstić information content (AvgIpc) is 2.43. The van der Waals surface area contributed by atoms with Crippen LogP contribution in [0.4, 0.5) is 17.1 Å². The predicted molar refractivity (Wildman–Crippen MR) is 80.8 cm³/mol. The molecule has 2 rings (SSSR count). The largest absolute Gasteiger partial charge is 0.399 e. The van der Waals surface area contributed by atoms with Gasteiger partial charge in [0.15, 0.2) is 0 Å². The lowest BCUT2D eigenvalue weighted by Crippen LogP contribution is -1.95. The number of non-ortho nitro benzene ring substituents is 1. The summed E-state index contributed by atoms with van der Waals surface area (Å²) in [5, 5.41) is 18.9. The third-order valence-electron chi connectivity index (χ3n) is 2.25. The number of hydrogen-bond donors (Lipinski definition) is 2. The predicted octanol–water partition coefficient (Wildman–Crippen LogP) is 3.08. The first kappa shape index (κ1) is 15.5. The van der Waals surface area contributed by atoms with Gasteiger partial charge in [0, 0.05) is 22.3 Å². The van der Waals surface area contributed by atoms with Crippen LogP contribution in [0.25, 0.3) is 0 Å². The number of anilines is 2. The van der Waals surface area contributed by atoms with Crippen LogP contribution in [0.5, 0.6) is 0 Å². The lowest BCUT2D eigenvalue weighted by molar-refractivity contribution is -0.384. The molecule has 0 aliphatic rings. The van der Waals surface area contributed by atoms with E-state index in [-0.39, 0.29) is 16.9 Å². The van der Waals surface area contributed by atoms with Crippen molar-refractivity contribution in [1.29, 1.82) is 5.26 Å². The molecule has 0 radical (unpaired) electrons. The third kappa shape index (κ3) is 4.26. The van der Waals surface area contributed by atoms with Crippen molar-refractivity contribution in [1.82, 2.24) is 0 Å². The lowest BCUT2D eigenvalue weighted by Gasteiger charge is -1.99. The number of nitrogens with two attached hydrogens (primary N) is 2. The maximum absolute atomic E-state index is 10.4. The monoisotopic (exact) mass is 334 g/mol. The number of rotatable bonds is 1. The minimum atomic E-state index is -0.578. The van der Waals surface area contributed by atoms with Crippen LogP contribution < -0.4 is 11.5 Å². The molecular formula is C13H11BrN4O2. The second-order valence-corrected chi connectivity index (χ2v) is 4.52. The van der Waals surface area contributed by atoms with E-state index < -0.39 is 4.92 Å². The second-order valence-electron chi connectivity index (χ2n) is 3.67. The minimum absolute atomic E-state index is 0.0982. The Morgan fingerprint density at radius 3 is 2.20 bits per heavy atom. The van der Waals surface area contributed by atoms with Gasteiger partial charge < -0.3 is 11.5 Å². The summed E-state index contributed by atoms with van der Waals surface area (Å²) in [5.41, 5.74) is 11.8. The van der Waals surface area contributed by atoms with E-state index in [1.54, 1.807) is 6.07 Å². The Labute approximate surface area is 123 Å².